The summed E-state index contributed by atoms with van der Waals surface area (Å²) in [7, 11) is 0. The van der Waals surface area contributed by atoms with Crippen LogP contribution in [0.4, 0.5) is 0 Å². The molecule has 0 saturated carbocycles. The fourth-order valence-electron chi connectivity index (χ4n) is 1.66. The molecule has 0 aliphatic rings. The summed E-state index contributed by atoms with van der Waals surface area (Å²) in [5.74, 6) is -0.117. The zero-order valence-electron chi connectivity index (χ0n) is 10.6. The minimum absolute atomic E-state index is 0.105. The van der Waals surface area contributed by atoms with E-state index in [9.17, 15) is 4.79 Å². The molecule has 0 radical (unpaired) electrons. The van der Waals surface area contributed by atoms with Crippen LogP contribution in [-0.4, -0.2) is 21.9 Å². The van der Waals surface area contributed by atoms with Crippen LogP contribution in [0.3, 0.4) is 0 Å². The SMILES string of the molecule is CC(Cc1ccsc1)NC(=O)C=Cc1cnccn1. The quantitative estimate of drug-likeness (QED) is 0.850. The molecule has 0 aromatic carbocycles. The van der Waals surface area contributed by atoms with Gasteiger partial charge in [0.25, 0.3) is 0 Å². The summed E-state index contributed by atoms with van der Waals surface area (Å²) in [4.78, 5) is 19.7. The number of hydrogen-bond acceptors (Lipinski definition) is 4. The van der Waals surface area contributed by atoms with Crippen molar-refractivity contribution in [3.8, 4) is 0 Å². The van der Waals surface area contributed by atoms with Crippen molar-refractivity contribution in [2.75, 3.05) is 0 Å². The molecule has 2 heterocycles. The molecule has 2 rings (SSSR count). The Morgan fingerprint density at radius 1 is 1.53 bits per heavy atom. The van der Waals surface area contributed by atoms with Crippen LogP contribution < -0.4 is 5.32 Å². The van der Waals surface area contributed by atoms with Gasteiger partial charge in [0.05, 0.1) is 11.9 Å². The number of carbonyl (C=O) groups excluding carboxylic acids is 1. The van der Waals surface area contributed by atoms with E-state index < -0.39 is 0 Å². The van der Waals surface area contributed by atoms with E-state index in [0.717, 1.165) is 6.42 Å². The average molecular weight is 273 g/mol. The number of rotatable bonds is 5. The van der Waals surface area contributed by atoms with Crippen molar-refractivity contribution < 1.29 is 4.79 Å². The van der Waals surface area contributed by atoms with E-state index in [1.54, 1.807) is 36.0 Å². The zero-order valence-corrected chi connectivity index (χ0v) is 11.4. The highest BCUT2D eigenvalue weighted by Crippen LogP contribution is 2.08. The Morgan fingerprint density at radius 2 is 2.42 bits per heavy atom. The van der Waals surface area contributed by atoms with Crippen molar-refractivity contribution >= 4 is 23.3 Å². The molecule has 2 aromatic heterocycles. The van der Waals surface area contributed by atoms with Crippen molar-refractivity contribution in [2.45, 2.75) is 19.4 Å². The third-order valence-corrected chi connectivity index (χ3v) is 3.23. The molecule has 1 unspecified atom stereocenters. The van der Waals surface area contributed by atoms with E-state index in [4.69, 9.17) is 0 Å². The largest absolute Gasteiger partial charge is 0.350 e. The molecule has 0 saturated heterocycles. The van der Waals surface area contributed by atoms with Crippen LogP contribution in [0.25, 0.3) is 6.08 Å². The van der Waals surface area contributed by atoms with Crippen molar-refractivity contribution in [3.05, 3.63) is 52.8 Å². The smallest absolute Gasteiger partial charge is 0.244 e. The molecular weight excluding hydrogens is 258 g/mol. The molecule has 0 aliphatic heterocycles. The Balaban J connectivity index is 1.82. The van der Waals surface area contributed by atoms with Gasteiger partial charge in [-0.3, -0.25) is 14.8 Å². The van der Waals surface area contributed by atoms with Crippen LogP contribution in [-0.2, 0) is 11.2 Å². The number of carbonyl (C=O) groups is 1. The van der Waals surface area contributed by atoms with Gasteiger partial charge in [0.2, 0.25) is 5.91 Å². The molecule has 0 aliphatic carbocycles. The maximum absolute atomic E-state index is 11.7. The zero-order chi connectivity index (χ0) is 13.5. The van der Waals surface area contributed by atoms with Crippen LogP contribution >= 0.6 is 11.3 Å². The second-order valence-electron chi connectivity index (χ2n) is 4.21. The maximum atomic E-state index is 11.7. The number of hydrogen-bond donors (Lipinski definition) is 1. The van der Waals surface area contributed by atoms with Crippen molar-refractivity contribution in [2.24, 2.45) is 0 Å². The second-order valence-corrected chi connectivity index (χ2v) is 4.99. The monoisotopic (exact) mass is 273 g/mol. The fourth-order valence-corrected chi connectivity index (χ4v) is 2.34. The van der Waals surface area contributed by atoms with Crippen molar-refractivity contribution in [3.63, 3.8) is 0 Å². The van der Waals surface area contributed by atoms with Crippen LogP contribution in [0.1, 0.15) is 18.2 Å². The predicted octanol–water partition coefficient (Wildman–Crippen LogP) is 2.30. The molecule has 0 spiro atoms. The molecule has 0 bridgehead atoms. The van der Waals surface area contributed by atoms with E-state index in [0.29, 0.717) is 5.69 Å². The Hall–Kier alpha value is -2.01. The van der Waals surface area contributed by atoms with Gasteiger partial charge in [-0.25, -0.2) is 0 Å². The number of aromatic nitrogens is 2. The first-order valence-corrected chi connectivity index (χ1v) is 6.94. The highest BCUT2D eigenvalue weighted by molar-refractivity contribution is 7.07. The van der Waals surface area contributed by atoms with Crippen molar-refractivity contribution in [1.82, 2.24) is 15.3 Å². The van der Waals surface area contributed by atoms with Gasteiger partial charge in [0, 0.05) is 24.5 Å². The molecule has 2 aromatic rings. The molecule has 5 heteroatoms. The van der Waals surface area contributed by atoms with Gasteiger partial charge in [0.15, 0.2) is 0 Å². The second kappa shape index (κ2) is 6.80. The molecule has 1 atom stereocenters. The van der Waals surface area contributed by atoms with Gasteiger partial charge in [0.1, 0.15) is 0 Å². The average Bonchev–Trinajstić information content (AvgIpc) is 2.90. The lowest BCUT2D eigenvalue weighted by molar-refractivity contribution is -0.117. The maximum Gasteiger partial charge on any atom is 0.244 e. The van der Waals surface area contributed by atoms with Gasteiger partial charge >= 0.3 is 0 Å². The van der Waals surface area contributed by atoms with Gasteiger partial charge in [-0.2, -0.15) is 11.3 Å². The van der Waals surface area contributed by atoms with Crippen LogP contribution in [0, 0.1) is 0 Å². The normalized spacial score (nSPS) is 12.5. The molecule has 1 amide bonds. The molecule has 98 valence electrons. The number of amides is 1. The van der Waals surface area contributed by atoms with Gasteiger partial charge < -0.3 is 5.32 Å². The highest BCUT2D eigenvalue weighted by Gasteiger charge is 2.06. The summed E-state index contributed by atoms with van der Waals surface area (Å²) in [6.45, 7) is 1.99. The first-order chi connectivity index (χ1) is 9.24. The summed E-state index contributed by atoms with van der Waals surface area (Å²) in [6.07, 6.45) is 8.78. The van der Waals surface area contributed by atoms with E-state index in [-0.39, 0.29) is 11.9 Å². The van der Waals surface area contributed by atoms with Gasteiger partial charge in [-0.1, -0.05) is 0 Å². The van der Waals surface area contributed by atoms with E-state index >= 15 is 0 Å². The Kier molecular flexibility index (Phi) is 4.80. The summed E-state index contributed by atoms with van der Waals surface area (Å²) in [5.41, 5.74) is 1.92. The summed E-state index contributed by atoms with van der Waals surface area (Å²) in [5, 5.41) is 7.05. The molecule has 4 nitrogen and oxygen atoms in total. The van der Waals surface area contributed by atoms with Crippen LogP contribution in [0.2, 0.25) is 0 Å². The van der Waals surface area contributed by atoms with E-state index in [2.05, 4.69) is 26.7 Å². The van der Waals surface area contributed by atoms with E-state index in [1.165, 1.54) is 11.6 Å². The lowest BCUT2D eigenvalue weighted by Crippen LogP contribution is -2.32. The summed E-state index contributed by atoms with van der Waals surface area (Å²) < 4.78 is 0. The first-order valence-electron chi connectivity index (χ1n) is 5.99. The number of thiophene rings is 1. The van der Waals surface area contributed by atoms with Crippen molar-refractivity contribution in [1.29, 1.82) is 0 Å². The van der Waals surface area contributed by atoms with Crippen LogP contribution in [0.5, 0.6) is 0 Å². The summed E-state index contributed by atoms with van der Waals surface area (Å²) >= 11 is 1.67. The molecule has 0 fully saturated rings. The minimum atomic E-state index is -0.117. The minimum Gasteiger partial charge on any atom is -0.350 e. The number of nitrogens with one attached hydrogen (secondary N) is 1. The van der Waals surface area contributed by atoms with Crippen LogP contribution in [0.15, 0.2) is 41.5 Å². The lowest BCUT2D eigenvalue weighted by atomic mass is 10.1. The predicted molar refractivity (Wildman–Crippen MR) is 76.7 cm³/mol. The lowest BCUT2D eigenvalue weighted by Gasteiger charge is -2.11. The fraction of sp³-hybridized carbons (Fsp3) is 0.214. The topological polar surface area (TPSA) is 54.9 Å². The van der Waals surface area contributed by atoms with Gasteiger partial charge in [-0.15, -0.1) is 0 Å². The molecule has 19 heavy (non-hydrogen) atoms. The van der Waals surface area contributed by atoms with E-state index in [1.807, 2.05) is 12.3 Å². The van der Waals surface area contributed by atoms with Gasteiger partial charge in [-0.05, 0) is 41.8 Å². The highest BCUT2D eigenvalue weighted by atomic mass is 32.1. The third-order valence-electron chi connectivity index (χ3n) is 2.50. The first kappa shape index (κ1) is 13.4. The molecule has 1 N–H and O–H groups in total. The number of nitrogens with zero attached hydrogens (tertiary/aromatic N) is 2. The summed E-state index contributed by atoms with van der Waals surface area (Å²) in [6, 6.07) is 2.18. The Bertz CT molecular complexity index is 537. The Morgan fingerprint density at radius 3 is 3.11 bits per heavy atom. The molecular formula is C14H15N3OS. The Labute approximate surface area is 116 Å². The third kappa shape index (κ3) is 4.63. The standard InChI is InChI=1S/C14H15N3OS/c1-11(8-12-4-7-19-10-12)17-14(18)3-2-13-9-15-5-6-16-13/h2-7,9-11H,8H2,1H3,(H,17,18).